The van der Waals surface area contributed by atoms with Crippen molar-refractivity contribution in [3.63, 3.8) is 0 Å². The number of nitrogens with zero attached hydrogens (tertiary/aromatic N) is 3. The molecule has 176 valence electrons. The van der Waals surface area contributed by atoms with Gasteiger partial charge in [-0.3, -0.25) is 4.79 Å². The van der Waals surface area contributed by atoms with Crippen LogP contribution >= 0.6 is 34.4 Å². The van der Waals surface area contributed by atoms with E-state index in [1.165, 1.54) is 30.9 Å². The summed E-state index contributed by atoms with van der Waals surface area (Å²) in [5.74, 6) is -0.743. The lowest BCUT2D eigenvalue weighted by Crippen LogP contribution is -2.16. The molecule has 0 atom stereocenters. The fourth-order valence-corrected chi connectivity index (χ4v) is 5.70. The highest BCUT2D eigenvalue weighted by Crippen LogP contribution is 2.34. The molecule has 3 aromatic rings. The second-order valence-electron chi connectivity index (χ2n) is 6.98. The quantitative estimate of drug-likeness (QED) is 0.334. The summed E-state index contributed by atoms with van der Waals surface area (Å²) < 4.78 is 11.6. The van der Waals surface area contributed by atoms with E-state index in [-0.39, 0.29) is 27.1 Å². The Balaban J connectivity index is 1.78. The summed E-state index contributed by atoms with van der Waals surface area (Å²) >= 11 is 3.88. The SMILES string of the molecule is CCCn1c(SCC(=O)Nc2sc(C(=O)OC)c(C)c2C(=O)OC)nnc1-c1csc(C)c1. The molecule has 0 fully saturated rings. The average Bonchev–Trinajstić information content (AvgIpc) is 3.49. The van der Waals surface area contributed by atoms with E-state index in [9.17, 15) is 14.4 Å². The summed E-state index contributed by atoms with van der Waals surface area (Å²) in [5.41, 5.74) is 1.55. The molecule has 0 bridgehead atoms. The maximum atomic E-state index is 12.7. The number of aryl methyl sites for hydroxylation is 1. The molecule has 0 unspecified atom stereocenters. The lowest BCUT2D eigenvalue weighted by atomic mass is 10.1. The van der Waals surface area contributed by atoms with Crippen LogP contribution in [0.15, 0.2) is 16.6 Å². The predicted molar refractivity (Wildman–Crippen MR) is 129 cm³/mol. The number of aromatic nitrogens is 3. The zero-order valence-corrected chi connectivity index (χ0v) is 21.3. The zero-order valence-electron chi connectivity index (χ0n) is 18.9. The Morgan fingerprint density at radius 1 is 1.15 bits per heavy atom. The first-order valence-corrected chi connectivity index (χ1v) is 12.7. The fraction of sp³-hybridized carbons (Fsp3) is 0.381. The van der Waals surface area contributed by atoms with Crippen molar-refractivity contribution in [3.05, 3.63) is 32.3 Å². The molecule has 0 saturated heterocycles. The van der Waals surface area contributed by atoms with E-state index in [1.807, 2.05) is 16.9 Å². The highest BCUT2D eigenvalue weighted by molar-refractivity contribution is 7.99. The Labute approximate surface area is 203 Å². The molecule has 0 aliphatic carbocycles. The van der Waals surface area contributed by atoms with Crippen LogP contribution in [0.25, 0.3) is 11.4 Å². The third-order valence-corrected chi connectivity index (χ3v) is 7.66. The summed E-state index contributed by atoms with van der Waals surface area (Å²) in [5, 5.41) is 14.3. The molecule has 12 heteroatoms. The number of ether oxygens (including phenoxy) is 2. The van der Waals surface area contributed by atoms with Gasteiger partial charge in [0.1, 0.15) is 9.88 Å². The van der Waals surface area contributed by atoms with E-state index in [2.05, 4.69) is 28.5 Å². The number of thioether (sulfide) groups is 1. The van der Waals surface area contributed by atoms with Gasteiger partial charge in [0.05, 0.1) is 25.5 Å². The molecule has 3 rings (SSSR count). The minimum Gasteiger partial charge on any atom is -0.465 e. The lowest BCUT2D eigenvalue weighted by molar-refractivity contribution is -0.113. The molecule has 3 heterocycles. The van der Waals surface area contributed by atoms with Crippen LogP contribution < -0.4 is 5.32 Å². The van der Waals surface area contributed by atoms with Gasteiger partial charge in [0.25, 0.3) is 0 Å². The van der Waals surface area contributed by atoms with Crippen LogP contribution in [0.2, 0.25) is 0 Å². The van der Waals surface area contributed by atoms with Crippen LogP contribution in [0, 0.1) is 13.8 Å². The number of hydrogen-bond acceptors (Lipinski definition) is 10. The minimum absolute atomic E-state index is 0.0512. The van der Waals surface area contributed by atoms with Crippen molar-refractivity contribution in [2.24, 2.45) is 0 Å². The summed E-state index contributed by atoms with van der Waals surface area (Å²) in [6.07, 6.45) is 0.890. The molecule has 9 nitrogen and oxygen atoms in total. The summed E-state index contributed by atoms with van der Waals surface area (Å²) in [6.45, 7) is 6.44. The monoisotopic (exact) mass is 508 g/mol. The van der Waals surface area contributed by atoms with E-state index in [0.29, 0.717) is 10.7 Å². The maximum absolute atomic E-state index is 12.7. The number of hydrogen-bond donors (Lipinski definition) is 1. The molecule has 3 aromatic heterocycles. The van der Waals surface area contributed by atoms with Crippen LogP contribution in [0.3, 0.4) is 0 Å². The largest absolute Gasteiger partial charge is 0.465 e. The predicted octanol–water partition coefficient (Wildman–Crippen LogP) is 4.40. The average molecular weight is 509 g/mol. The highest BCUT2D eigenvalue weighted by Gasteiger charge is 2.27. The highest BCUT2D eigenvalue weighted by atomic mass is 32.2. The number of nitrogens with one attached hydrogen (secondary N) is 1. The van der Waals surface area contributed by atoms with Crippen LogP contribution in [-0.4, -0.2) is 52.6 Å². The Bertz CT molecular complexity index is 1180. The summed E-state index contributed by atoms with van der Waals surface area (Å²) in [7, 11) is 2.50. The molecule has 1 N–H and O–H groups in total. The van der Waals surface area contributed by atoms with E-state index in [1.54, 1.807) is 18.3 Å². The zero-order chi connectivity index (χ0) is 24.1. The molecule has 33 heavy (non-hydrogen) atoms. The standard InChI is InChI=1S/C21H24N4O5S3/c1-6-7-25-17(13-8-11(2)31-9-13)23-24-21(25)32-10-14(26)22-18-15(19(27)29-4)12(3)16(33-18)20(28)30-5/h8-9H,6-7,10H2,1-5H3,(H,22,26). The number of rotatable bonds is 9. The van der Waals surface area contributed by atoms with Gasteiger partial charge in [0, 0.05) is 22.4 Å². The normalized spacial score (nSPS) is 10.8. The van der Waals surface area contributed by atoms with Crippen LogP contribution in [0.4, 0.5) is 5.00 Å². The number of carbonyl (C=O) groups excluding carboxylic acids is 3. The van der Waals surface area contributed by atoms with Gasteiger partial charge in [-0.15, -0.1) is 32.9 Å². The van der Waals surface area contributed by atoms with Crippen molar-refractivity contribution >= 4 is 57.3 Å². The van der Waals surface area contributed by atoms with Crippen molar-refractivity contribution in [1.29, 1.82) is 0 Å². The smallest absolute Gasteiger partial charge is 0.348 e. The van der Waals surface area contributed by atoms with E-state index < -0.39 is 11.9 Å². The molecule has 0 radical (unpaired) electrons. The van der Waals surface area contributed by atoms with Gasteiger partial charge >= 0.3 is 11.9 Å². The van der Waals surface area contributed by atoms with Gasteiger partial charge in [-0.25, -0.2) is 9.59 Å². The fourth-order valence-electron chi connectivity index (χ4n) is 3.12. The van der Waals surface area contributed by atoms with Gasteiger partial charge in [-0.2, -0.15) is 0 Å². The number of thiophene rings is 2. The third-order valence-electron chi connectivity index (χ3n) is 4.65. The first-order chi connectivity index (χ1) is 15.8. The number of methoxy groups -OCH3 is 2. The lowest BCUT2D eigenvalue weighted by Gasteiger charge is -2.08. The summed E-state index contributed by atoms with van der Waals surface area (Å²) in [4.78, 5) is 38.4. The topological polar surface area (TPSA) is 112 Å². The summed E-state index contributed by atoms with van der Waals surface area (Å²) in [6, 6.07) is 2.06. The molecule has 1 amide bonds. The van der Waals surface area contributed by atoms with Gasteiger partial charge in [-0.05, 0) is 31.9 Å². The van der Waals surface area contributed by atoms with Crippen molar-refractivity contribution in [2.75, 3.05) is 25.3 Å². The van der Waals surface area contributed by atoms with Crippen LogP contribution in [0.5, 0.6) is 0 Å². The Kier molecular flexibility index (Phi) is 8.27. The van der Waals surface area contributed by atoms with Gasteiger partial charge in [0.2, 0.25) is 5.91 Å². The second kappa shape index (κ2) is 10.9. The third kappa shape index (κ3) is 5.45. The second-order valence-corrected chi connectivity index (χ2v) is 10.1. The van der Waals surface area contributed by atoms with Gasteiger partial charge in [-0.1, -0.05) is 18.7 Å². The van der Waals surface area contributed by atoms with E-state index in [4.69, 9.17) is 9.47 Å². The Morgan fingerprint density at radius 3 is 2.48 bits per heavy atom. The minimum atomic E-state index is -0.639. The van der Waals surface area contributed by atoms with Crippen LogP contribution in [0.1, 0.15) is 43.8 Å². The van der Waals surface area contributed by atoms with Crippen molar-refractivity contribution in [2.45, 2.75) is 38.9 Å². The number of amides is 1. The van der Waals surface area contributed by atoms with E-state index in [0.717, 1.165) is 35.7 Å². The Hall–Kier alpha value is -2.70. The van der Waals surface area contributed by atoms with Crippen molar-refractivity contribution in [1.82, 2.24) is 14.8 Å². The van der Waals surface area contributed by atoms with Crippen molar-refractivity contribution < 1.29 is 23.9 Å². The number of anilines is 1. The maximum Gasteiger partial charge on any atom is 0.348 e. The molecular formula is C21H24N4O5S3. The van der Waals surface area contributed by atoms with Crippen molar-refractivity contribution in [3.8, 4) is 11.4 Å². The molecule has 0 aliphatic rings. The molecule has 0 aromatic carbocycles. The van der Waals surface area contributed by atoms with Gasteiger partial charge < -0.3 is 19.4 Å². The molecule has 0 spiro atoms. The van der Waals surface area contributed by atoms with Crippen LogP contribution in [-0.2, 0) is 20.8 Å². The number of carbonyl (C=O) groups is 3. The van der Waals surface area contributed by atoms with E-state index >= 15 is 0 Å². The molecule has 0 aliphatic heterocycles. The first-order valence-electron chi connectivity index (χ1n) is 10.0. The molecule has 0 saturated carbocycles. The van der Waals surface area contributed by atoms with Gasteiger partial charge in [0.15, 0.2) is 11.0 Å². The number of esters is 2. The first kappa shape index (κ1) is 24.9. The Morgan fingerprint density at radius 2 is 1.88 bits per heavy atom. The molecular weight excluding hydrogens is 484 g/mol.